The number of rotatable bonds is 6. The molecule has 0 saturated carbocycles. The Balaban J connectivity index is 0.000000589. The Kier molecular flexibility index (Phi) is 8.33. The topological polar surface area (TPSA) is 3.24 Å². The highest BCUT2D eigenvalue weighted by atomic mass is 15.2. The lowest BCUT2D eigenvalue weighted by molar-refractivity contribution is 0.243. The monoisotopic (exact) mass is 403 g/mol. The van der Waals surface area contributed by atoms with Gasteiger partial charge in [-0.2, -0.15) is 0 Å². The van der Waals surface area contributed by atoms with Gasteiger partial charge in [0.2, 0.25) is 0 Å². The zero-order valence-electron chi connectivity index (χ0n) is 19.5. The molecule has 162 valence electrons. The molecule has 1 fully saturated rings. The molecule has 0 aromatic heterocycles. The predicted octanol–water partition coefficient (Wildman–Crippen LogP) is 7.33. The van der Waals surface area contributed by atoms with E-state index in [4.69, 9.17) is 0 Å². The Labute approximate surface area is 185 Å². The zero-order valence-corrected chi connectivity index (χ0v) is 19.5. The third-order valence-electron chi connectivity index (χ3n) is 7.24. The Morgan fingerprint density at radius 1 is 0.967 bits per heavy atom. The minimum Gasteiger partial charge on any atom is -0.301 e. The number of benzene rings is 2. The largest absolute Gasteiger partial charge is 0.301 e. The first-order valence-corrected chi connectivity index (χ1v) is 12.2. The molecule has 0 spiro atoms. The van der Waals surface area contributed by atoms with Gasteiger partial charge in [-0.3, -0.25) is 0 Å². The minimum absolute atomic E-state index is 0.0632. The number of unbranched alkanes of at least 4 members (excludes halogenated alkanes) is 1. The molecule has 0 bridgehead atoms. The fraction of sp³-hybridized carbons (Fsp3) is 0.517. The van der Waals surface area contributed by atoms with E-state index in [0.29, 0.717) is 0 Å². The van der Waals surface area contributed by atoms with Gasteiger partial charge in [-0.15, -0.1) is 6.58 Å². The summed E-state index contributed by atoms with van der Waals surface area (Å²) in [5.41, 5.74) is 6.20. The fourth-order valence-corrected chi connectivity index (χ4v) is 5.32. The van der Waals surface area contributed by atoms with Crippen molar-refractivity contribution >= 4 is 0 Å². The van der Waals surface area contributed by atoms with Crippen LogP contribution in [0.15, 0.2) is 61.2 Å². The van der Waals surface area contributed by atoms with E-state index < -0.39 is 0 Å². The Morgan fingerprint density at radius 2 is 1.53 bits per heavy atom. The molecule has 1 heterocycles. The van der Waals surface area contributed by atoms with Crippen molar-refractivity contribution in [1.29, 1.82) is 0 Å². The van der Waals surface area contributed by atoms with Gasteiger partial charge in [0.25, 0.3) is 0 Å². The van der Waals surface area contributed by atoms with E-state index in [1.807, 2.05) is 0 Å². The molecule has 0 N–H and O–H groups in total. The van der Waals surface area contributed by atoms with Crippen molar-refractivity contribution in [2.45, 2.75) is 83.6 Å². The summed E-state index contributed by atoms with van der Waals surface area (Å²) in [6.45, 7) is 13.3. The van der Waals surface area contributed by atoms with Crippen molar-refractivity contribution in [2.24, 2.45) is 0 Å². The van der Waals surface area contributed by atoms with Gasteiger partial charge in [-0.1, -0.05) is 81.3 Å². The van der Waals surface area contributed by atoms with Gasteiger partial charge in [0, 0.05) is 11.5 Å². The van der Waals surface area contributed by atoms with Crippen molar-refractivity contribution in [2.75, 3.05) is 13.1 Å². The Bertz CT molecular complexity index is 756. The summed E-state index contributed by atoms with van der Waals surface area (Å²) >= 11 is 0. The summed E-state index contributed by atoms with van der Waals surface area (Å²) in [4.78, 5) is 2.70. The average molecular weight is 404 g/mol. The molecule has 2 aromatic carbocycles. The van der Waals surface area contributed by atoms with Crippen LogP contribution in [0.5, 0.6) is 0 Å². The molecule has 1 heteroatoms. The van der Waals surface area contributed by atoms with Gasteiger partial charge in [-0.25, -0.2) is 0 Å². The number of nitrogens with zero attached hydrogens (tertiary/aromatic N) is 1. The zero-order chi connectivity index (χ0) is 21.4. The molecular weight excluding hydrogens is 362 g/mol. The predicted molar refractivity (Wildman–Crippen MR) is 131 cm³/mol. The lowest BCUT2D eigenvalue weighted by atomic mass is 9.68. The van der Waals surface area contributed by atoms with Gasteiger partial charge < -0.3 is 4.90 Å². The van der Waals surface area contributed by atoms with Crippen molar-refractivity contribution in [1.82, 2.24) is 4.90 Å². The van der Waals surface area contributed by atoms with Crippen LogP contribution in [0.3, 0.4) is 0 Å². The molecule has 1 atom stereocenters. The first-order chi connectivity index (χ1) is 14.7. The molecule has 4 rings (SSSR count). The molecule has 1 aliphatic carbocycles. The highest BCUT2D eigenvalue weighted by molar-refractivity contribution is 5.50. The summed E-state index contributed by atoms with van der Waals surface area (Å²) in [6.07, 6.45) is 12.0. The summed E-state index contributed by atoms with van der Waals surface area (Å²) in [6, 6.07) is 19.0. The molecule has 2 aromatic rings. The molecule has 30 heavy (non-hydrogen) atoms. The third kappa shape index (κ3) is 4.89. The van der Waals surface area contributed by atoms with E-state index in [1.54, 1.807) is 0 Å². The van der Waals surface area contributed by atoms with E-state index in [0.717, 1.165) is 25.3 Å². The average Bonchev–Trinajstić information content (AvgIpc) is 3.14. The Morgan fingerprint density at radius 3 is 2.00 bits per heavy atom. The molecule has 0 radical (unpaired) electrons. The van der Waals surface area contributed by atoms with Crippen LogP contribution >= 0.6 is 0 Å². The van der Waals surface area contributed by atoms with E-state index in [-0.39, 0.29) is 5.41 Å². The SMILES string of the molecule is C=CCC1(CCN2CCCC2C)c2ccccc2CCc2ccccc21.CCCC. The van der Waals surface area contributed by atoms with E-state index >= 15 is 0 Å². The van der Waals surface area contributed by atoms with Crippen LogP contribution < -0.4 is 0 Å². The first-order valence-electron chi connectivity index (χ1n) is 12.2. The lowest BCUT2D eigenvalue weighted by Crippen LogP contribution is -2.36. The summed E-state index contributed by atoms with van der Waals surface area (Å²) in [7, 11) is 0. The van der Waals surface area contributed by atoms with Crippen molar-refractivity contribution in [3.8, 4) is 0 Å². The van der Waals surface area contributed by atoms with Crippen LogP contribution in [0.25, 0.3) is 0 Å². The molecule has 1 saturated heterocycles. The van der Waals surface area contributed by atoms with Crippen LogP contribution in [0, 0.1) is 0 Å². The van der Waals surface area contributed by atoms with Crippen LogP contribution in [0.4, 0.5) is 0 Å². The van der Waals surface area contributed by atoms with Crippen LogP contribution in [0.2, 0.25) is 0 Å². The maximum absolute atomic E-state index is 4.16. The minimum atomic E-state index is 0.0632. The second kappa shape index (κ2) is 11.0. The van der Waals surface area contributed by atoms with Crippen LogP contribution in [0.1, 0.15) is 81.5 Å². The van der Waals surface area contributed by atoms with E-state index in [2.05, 4.69) is 86.9 Å². The summed E-state index contributed by atoms with van der Waals surface area (Å²) in [5.74, 6) is 0. The first kappa shape index (κ1) is 22.8. The number of hydrogen-bond donors (Lipinski definition) is 0. The molecule has 2 aliphatic rings. The smallest absolute Gasteiger partial charge is 0.0254 e. The molecule has 1 aliphatic heterocycles. The molecule has 1 nitrogen and oxygen atoms in total. The summed E-state index contributed by atoms with van der Waals surface area (Å²) < 4.78 is 0. The Hall–Kier alpha value is -1.86. The quantitative estimate of drug-likeness (QED) is 0.456. The molecular formula is C29H41N. The van der Waals surface area contributed by atoms with Crippen molar-refractivity contribution in [3.05, 3.63) is 83.4 Å². The normalized spacial score (nSPS) is 19.8. The van der Waals surface area contributed by atoms with Gasteiger partial charge in [0.15, 0.2) is 0 Å². The maximum atomic E-state index is 4.16. The van der Waals surface area contributed by atoms with Gasteiger partial charge in [0.1, 0.15) is 0 Å². The van der Waals surface area contributed by atoms with Gasteiger partial charge in [0.05, 0.1) is 0 Å². The molecule has 0 amide bonds. The van der Waals surface area contributed by atoms with Gasteiger partial charge in [-0.05, 0) is 80.8 Å². The third-order valence-corrected chi connectivity index (χ3v) is 7.24. The van der Waals surface area contributed by atoms with Crippen LogP contribution in [-0.2, 0) is 18.3 Å². The standard InChI is InChI=1S/C25H31N.C4H10/c1-3-16-25(17-19-26-18-8-9-20(26)2)23-12-6-4-10-21(23)14-15-22-11-5-7-13-24(22)25;1-3-4-2/h3-7,10-13,20H,1,8-9,14-19H2,2H3;3-4H2,1-2H3. The summed E-state index contributed by atoms with van der Waals surface area (Å²) in [5, 5.41) is 0. The van der Waals surface area contributed by atoms with Crippen molar-refractivity contribution < 1.29 is 0 Å². The second-order valence-corrected chi connectivity index (χ2v) is 9.17. The number of likely N-dealkylation sites (tertiary alicyclic amines) is 1. The van der Waals surface area contributed by atoms with Crippen LogP contribution in [-0.4, -0.2) is 24.0 Å². The number of hydrogen-bond acceptors (Lipinski definition) is 1. The number of aryl methyl sites for hydroxylation is 2. The van der Waals surface area contributed by atoms with Gasteiger partial charge >= 0.3 is 0 Å². The van der Waals surface area contributed by atoms with Crippen molar-refractivity contribution in [3.63, 3.8) is 0 Å². The highest BCUT2D eigenvalue weighted by Gasteiger charge is 2.38. The fourth-order valence-electron chi connectivity index (χ4n) is 5.32. The lowest BCUT2D eigenvalue weighted by Gasteiger charge is -2.38. The number of allylic oxidation sites excluding steroid dienone is 1. The second-order valence-electron chi connectivity index (χ2n) is 9.17. The van der Waals surface area contributed by atoms with E-state index in [9.17, 15) is 0 Å². The number of fused-ring (bicyclic) bond motifs is 2. The molecule has 1 unspecified atom stereocenters. The maximum Gasteiger partial charge on any atom is 0.0254 e. The van der Waals surface area contributed by atoms with E-state index in [1.165, 1.54) is 67.4 Å². The highest BCUT2D eigenvalue weighted by Crippen LogP contribution is 2.45.